The van der Waals surface area contributed by atoms with Crippen LogP contribution in [0.15, 0.2) is 0 Å². The maximum Gasteiger partial charge on any atom is 0.407 e. The van der Waals surface area contributed by atoms with Crippen molar-refractivity contribution in [1.82, 2.24) is 15.5 Å². The van der Waals surface area contributed by atoms with E-state index >= 15 is 0 Å². The number of carbonyl (C=O) groups is 1. The Balaban J connectivity index is 2.32. The molecule has 0 aromatic rings. The van der Waals surface area contributed by atoms with Crippen molar-refractivity contribution in [1.29, 1.82) is 0 Å². The second-order valence-corrected chi connectivity index (χ2v) is 5.73. The van der Waals surface area contributed by atoms with Crippen molar-refractivity contribution in [3.8, 4) is 0 Å². The molecule has 1 aliphatic heterocycles. The van der Waals surface area contributed by atoms with Crippen LogP contribution in [-0.2, 0) is 4.74 Å². The smallest absolute Gasteiger partial charge is 0.407 e. The summed E-state index contributed by atoms with van der Waals surface area (Å²) in [7, 11) is 0. The molecule has 0 radical (unpaired) electrons. The van der Waals surface area contributed by atoms with Gasteiger partial charge in [-0.05, 0) is 27.2 Å². The van der Waals surface area contributed by atoms with E-state index in [1.807, 2.05) is 20.8 Å². The van der Waals surface area contributed by atoms with E-state index < -0.39 is 5.60 Å². The van der Waals surface area contributed by atoms with Crippen molar-refractivity contribution in [3.63, 3.8) is 0 Å². The van der Waals surface area contributed by atoms with Gasteiger partial charge in [0.05, 0.1) is 0 Å². The monoisotopic (exact) mass is 257 g/mol. The van der Waals surface area contributed by atoms with Crippen molar-refractivity contribution in [2.75, 3.05) is 32.7 Å². The van der Waals surface area contributed by atoms with Crippen LogP contribution >= 0.6 is 0 Å². The molecule has 1 rings (SSSR count). The third-order valence-electron chi connectivity index (χ3n) is 3.02. The van der Waals surface area contributed by atoms with Gasteiger partial charge < -0.3 is 15.4 Å². The molecule has 1 fully saturated rings. The number of rotatable bonds is 4. The Morgan fingerprint density at radius 1 is 1.39 bits per heavy atom. The Labute approximate surface area is 110 Å². The van der Waals surface area contributed by atoms with E-state index in [4.69, 9.17) is 4.74 Å². The lowest BCUT2D eigenvalue weighted by Crippen LogP contribution is -2.52. The fraction of sp³-hybridized carbons (Fsp3) is 0.923. The topological polar surface area (TPSA) is 53.6 Å². The molecule has 0 aliphatic carbocycles. The first kappa shape index (κ1) is 15.2. The zero-order valence-corrected chi connectivity index (χ0v) is 12.1. The third kappa shape index (κ3) is 5.69. The average Bonchev–Trinajstić information content (AvgIpc) is 2.29. The van der Waals surface area contributed by atoms with Gasteiger partial charge in [-0.15, -0.1) is 0 Å². The number of piperazine rings is 1. The largest absolute Gasteiger partial charge is 0.444 e. The van der Waals surface area contributed by atoms with Crippen LogP contribution in [0, 0.1) is 0 Å². The Morgan fingerprint density at radius 2 is 2.00 bits per heavy atom. The van der Waals surface area contributed by atoms with Crippen LogP contribution in [0.25, 0.3) is 0 Å². The molecule has 0 spiro atoms. The van der Waals surface area contributed by atoms with Gasteiger partial charge in [-0.25, -0.2) is 4.79 Å². The van der Waals surface area contributed by atoms with Crippen molar-refractivity contribution in [2.45, 2.75) is 45.8 Å². The summed E-state index contributed by atoms with van der Waals surface area (Å²) >= 11 is 0. The van der Waals surface area contributed by atoms with Crippen molar-refractivity contribution in [3.05, 3.63) is 0 Å². The normalized spacial score (nSPS) is 19.3. The van der Waals surface area contributed by atoms with Gasteiger partial charge in [-0.2, -0.15) is 0 Å². The lowest BCUT2D eigenvalue weighted by molar-refractivity contribution is 0.0502. The zero-order valence-electron chi connectivity index (χ0n) is 12.1. The quantitative estimate of drug-likeness (QED) is 0.794. The van der Waals surface area contributed by atoms with E-state index in [1.54, 1.807) is 0 Å². The van der Waals surface area contributed by atoms with E-state index in [9.17, 15) is 4.79 Å². The highest BCUT2D eigenvalue weighted by Crippen LogP contribution is 2.08. The number of alkyl carbamates (subject to hydrolysis) is 1. The van der Waals surface area contributed by atoms with Gasteiger partial charge in [-0.1, -0.05) is 6.92 Å². The average molecular weight is 257 g/mol. The van der Waals surface area contributed by atoms with Crippen LogP contribution in [0.1, 0.15) is 34.1 Å². The lowest BCUT2D eigenvalue weighted by Gasteiger charge is -2.34. The molecule has 0 bridgehead atoms. The number of amides is 1. The minimum absolute atomic E-state index is 0.323. The number of nitrogens with one attached hydrogen (secondary N) is 2. The molecule has 18 heavy (non-hydrogen) atoms. The molecule has 106 valence electrons. The van der Waals surface area contributed by atoms with Crippen LogP contribution < -0.4 is 10.6 Å². The first-order valence-corrected chi connectivity index (χ1v) is 6.84. The summed E-state index contributed by atoms with van der Waals surface area (Å²) in [4.78, 5) is 14.0. The second-order valence-electron chi connectivity index (χ2n) is 5.73. The molecular formula is C13H27N3O2. The van der Waals surface area contributed by atoms with E-state index in [2.05, 4.69) is 22.5 Å². The van der Waals surface area contributed by atoms with Crippen molar-refractivity contribution >= 4 is 6.09 Å². The Morgan fingerprint density at radius 3 is 2.50 bits per heavy atom. The Bertz CT molecular complexity index is 257. The number of carbonyl (C=O) groups excluding carboxylic acids is 1. The highest BCUT2D eigenvalue weighted by molar-refractivity contribution is 5.67. The summed E-state index contributed by atoms with van der Waals surface area (Å²) in [6.07, 6.45) is 0.714. The van der Waals surface area contributed by atoms with Crippen molar-refractivity contribution in [2.24, 2.45) is 0 Å². The van der Waals surface area contributed by atoms with Crippen LogP contribution in [-0.4, -0.2) is 55.4 Å². The van der Waals surface area contributed by atoms with E-state index in [0.717, 1.165) is 32.6 Å². The predicted molar refractivity (Wildman–Crippen MR) is 72.8 cm³/mol. The molecule has 1 atom stereocenters. The number of hydrogen-bond donors (Lipinski definition) is 2. The van der Waals surface area contributed by atoms with Gasteiger partial charge in [0.2, 0.25) is 0 Å². The zero-order chi connectivity index (χ0) is 13.6. The molecule has 2 N–H and O–H groups in total. The number of ether oxygens (including phenoxy) is 1. The molecule has 1 heterocycles. The summed E-state index contributed by atoms with van der Waals surface area (Å²) in [6.45, 7) is 12.6. The maximum absolute atomic E-state index is 11.6. The summed E-state index contributed by atoms with van der Waals surface area (Å²) in [6, 6.07) is 0.402. The summed E-state index contributed by atoms with van der Waals surface area (Å²) in [5.41, 5.74) is -0.430. The summed E-state index contributed by atoms with van der Waals surface area (Å²) in [5, 5.41) is 6.20. The van der Waals surface area contributed by atoms with Gasteiger partial charge >= 0.3 is 6.09 Å². The van der Waals surface area contributed by atoms with Crippen LogP contribution in [0.4, 0.5) is 4.79 Å². The molecule has 5 nitrogen and oxygen atoms in total. The van der Waals surface area contributed by atoms with Gasteiger partial charge in [0.1, 0.15) is 5.60 Å². The fourth-order valence-electron chi connectivity index (χ4n) is 2.09. The minimum atomic E-state index is -0.430. The SMILES string of the molecule is CCC(CNC(=O)OC(C)(C)C)N1CCNCC1. The van der Waals surface area contributed by atoms with E-state index in [-0.39, 0.29) is 6.09 Å². The molecule has 0 aromatic heterocycles. The fourth-order valence-corrected chi connectivity index (χ4v) is 2.09. The van der Waals surface area contributed by atoms with E-state index in [0.29, 0.717) is 12.6 Å². The molecule has 1 aliphatic rings. The number of hydrogen-bond acceptors (Lipinski definition) is 4. The Hall–Kier alpha value is -0.810. The lowest BCUT2D eigenvalue weighted by atomic mass is 10.1. The molecule has 5 heteroatoms. The molecule has 0 saturated carbocycles. The highest BCUT2D eigenvalue weighted by Gasteiger charge is 2.21. The third-order valence-corrected chi connectivity index (χ3v) is 3.02. The highest BCUT2D eigenvalue weighted by atomic mass is 16.6. The van der Waals surface area contributed by atoms with Crippen LogP contribution in [0.3, 0.4) is 0 Å². The van der Waals surface area contributed by atoms with Gasteiger partial charge in [0, 0.05) is 38.8 Å². The summed E-state index contributed by atoms with van der Waals surface area (Å²) < 4.78 is 5.24. The molecule has 1 amide bonds. The van der Waals surface area contributed by atoms with Crippen LogP contribution in [0.2, 0.25) is 0 Å². The Kier molecular flexibility index (Phi) is 5.88. The first-order valence-electron chi connectivity index (χ1n) is 6.84. The summed E-state index contributed by atoms with van der Waals surface area (Å²) in [5.74, 6) is 0. The number of nitrogens with zero attached hydrogens (tertiary/aromatic N) is 1. The van der Waals surface area contributed by atoms with Crippen molar-refractivity contribution < 1.29 is 9.53 Å². The minimum Gasteiger partial charge on any atom is -0.444 e. The molecule has 0 aromatic carbocycles. The second kappa shape index (κ2) is 6.95. The first-order chi connectivity index (χ1) is 8.42. The molecule has 1 unspecified atom stereocenters. The van der Waals surface area contributed by atoms with Crippen LogP contribution in [0.5, 0.6) is 0 Å². The molecule has 1 saturated heterocycles. The predicted octanol–water partition coefficient (Wildman–Crippen LogP) is 1.19. The van der Waals surface area contributed by atoms with Gasteiger partial charge in [0.25, 0.3) is 0 Å². The van der Waals surface area contributed by atoms with E-state index in [1.165, 1.54) is 0 Å². The maximum atomic E-state index is 11.6. The standard InChI is InChI=1S/C13H27N3O2/c1-5-11(16-8-6-14-7-9-16)10-15-12(17)18-13(2,3)4/h11,14H,5-10H2,1-4H3,(H,15,17). The molecular weight excluding hydrogens is 230 g/mol. The van der Waals surface area contributed by atoms with Gasteiger partial charge in [0.15, 0.2) is 0 Å². The van der Waals surface area contributed by atoms with Gasteiger partial charge in [-0.3, -0.25) is 4.90 Å².